The molecular formula is C130H90N6O2. The molecule has 0 N–H and O–H groups in total. The number of nitrogens with zero attached hydrogens (tertiary/aromatic N) is 6. The van der Waals surface area contributed by atoms with Gasteiger partial charge in [-0.3, -0.25) is 0 Å². The number of hydrogen-bond donors (Lipinski definition) is 0. The van der Waals surface area contributed by atoms with E-state index < -0.39 is 0 Å². The lowest BCUT2D eigenvalue weighted by Crippen LogP contribution is -2.15. The van der Waals surface area contributed by atoms with E-state index in [2.05, 4.69) is 527 Å². The van der Waals surface area contributed by atoms with Crippen LogP contribution in [0, 0.1) is 0 Å². The van der Waals surface area contributed by atoms with Gasteiger partial charge in [-0.2, -0.15) is 0 Å². The first-order valence-corrected chi connectivity index (χ1v) is 46.9. The van der Waals surface area contributed by atoms with Crippen LogP contribution in [0.15, 0.2) is 546 Å². The molecule has 0 saturated carbocycles. The molecule has 23 aromatic rings. The van der Waals surface area contributed by atoms with E-state index in [-0.39, 0.29) is 0 Å². The average Bonchev–Trinajstić information content (AvgIpc) is 1.53. The molecule has 0 atom stereocenters. The predicted octanol–water partition coefficient (Wildman–Crippen LogP) is 36.9. The molecule has 8 heteroatoms. The first kappa shape index (κ1) is 82.6. The van der Waals surface area contributed by atoms with Crippen molar-refractivity contribution in [1.29, 1.82) is 0 Å². The van der Waals surface area contributed by atoms with Gasteiger partial charge in [0.05, 0.1) is 33.8 Å². The Morgan fingerprint density at radius 2 is 0.355 bits per heavy atom. The van der Waals surface area contributed by atoms with E-state index in [4.69, 9.17) is 9.47 Å². The molecular weight excluding hydrogens is 1680 g/mol. The van der Waals surface area contributed by atoms with Gasteiger partial charge in [0.1, 0.15) is 0 Å². The first-order valence-electron chi connectivity index (χ1n) is 46.9. The van der Waals surface area contributed by atoms with Crippen molar-refractivity contribution in [3.05, 3.63) is 546 Å². The van der Waals surface area contributed by atoms with Gasteiger partial charge in [-0.25, -0.2) is 0 Å². The summed E-state index contributed by atoms with van der Waals surface area (Å²) in [5, 5.41) is 4.90. The highest BCUT2D eigenvalue weighted by molar-refractivity contribution is 6.12. The summed E-state index contributed by atoms with van der Waals surface area (Å²) in [7, 11) is 0. The molecule has 0 fully saturated rings. The number of hydrogen-bond acceptors (Lipinski definition) is 7. The van der Waals surface area contributed by atoms with Crippen molar-refractivity contribution < 1.29 is 9.47 Å². The van der Waals surface area contributed by atoms with E-state index >= 15 is 0 Å². The van der Waals surface area contributed by atoms with Crippen molar-refractivity contribution in [2.24, 2.45) is 0 Å². The first-order chi connectivity index (χ1) is 68.4. The summed E-state index contributed by atoms with van der Waals surface area (Å²) in [4.78, 5) is 11.5. The fraction of sp³-hybridized carbons (Fsp3) is 0. The van der Waals surface area contributed by atoms with Crippen LogP contribution in [0.25, 0.3) is 116 Å². The fourth-order valence-corrected chi connectivity index (χ4v) is 19.6. The third-order valence-corrected chi connectivity index (χ3v) is 26.4. The quantitative estimate of drug-likeness (QED) is 0.0799. The Balaban J connectivity index is 0.000000151. The molecule has 1 aromatic heterocycles. The minimum atomic E-state index is 0.844. The Labute approximate surface area is 803 Å². The summed E-state index contributed by atoms with van der Waals surface area (Å²) >= 11 is 0. The van der Waals surface area contributed by atoms with Crippen LogP contribution < -0.4 is 34.0 Å². The number of fused-ring (bicyclic) bond motifs is 8. The zero-order valence-electron chi connectivity index (χ0n) is 75.5. The highest BCUT2D eigenvalue weighted by Crippen LogP contribution is 2.54. The molecule has 0 radical (unpaired) electrons. The third-order valence-electron chi connectivity index (χ3n) is 26.4. The summed E-state index contributed by atoms with van der Waals surface area (Å²) < 4.78 is 14.9. The number of anilines is 15. The van der Waals surface area contributed by atoms with E-state index in [9.17, 15) is 0 Å². The zero-order valence-corrected chi connectivity index (χ0v) is 75.5. The summed E-state index contributed by atoms with van der Waals surface area (Å²) in [6.07, 6.45) is 0. The lowest BCUT2D eigenvalue weighted by molar-refractivity contribution is 0.477. The second kappa shape index (κ2) is 36.6. The van der Waals surface area contributed by atoms with Gasteiger partial charge >= 0.3 is 0 Å². The van der Waals surface area contributed by atoms with Gasteiger partial charge in [-0.15, -0.1) is 0 Å². The van der Waals surface area contributed by atoms with Gasteiger partial charge in [0.15, 0.2) is 23.0 Å². The van der Waals surface area contributed by atoms with Crippen LogP contribution in [0.4, 0.5) is 85.3 Å². The van der Waals surface area contributed by atoms with Crippen molar-refractivity contribution in [1.82, 2.24) is 4.57 Å². The van der Waals surface area contributed by atoms with Crippen molar-refractivity contribution >= 4 is 118 Å². The standard InChI is InChI=1S/C70H49N3.C60H41N3O2/c1-5-17-60(18-6-1)71(61-19-7-2-8-20-61)64-40-33-53(34-41-64)51-25-29-55(30-26-51)58-38-45-69-67(48-58)68-49-59(39-46-70(68)73(69)66-44-37-50-15-13-14-16-57(50)47-66)56-31-27-52(28-32-56)54-35-42-65(43-36-54)72(62-21-9-3-10-22-62)63-23-11-4-12-24-63;1-2-12-42(13-3-1)43-22-32-48(33-23-43)61(49-34-24-44(25-35-49)46-28-38-51(39-29-46)62-53-14-4-8-18-57(53)64-58-19-9-5-15-54(58)62)50-36-26-45(27-37-50)47-30-40-52(41-31-47)63-55-16-6-10-20-59(55)65-60-21-11-7-17-56(60)63/h1-49H;1-41H. The molecule has 138 heavy (non-hydrogen) atoms. The predicted molar refractivity (Wildman–Crippen MR) is 576 cm³/mol. The number of para-hydroxylation sites is 12. The van der Waals surface area contributed by atoms with E-state index in [0.29, 0.717) is 0 Å². The van der Waals surface area contributed by atoms with Crippen LogP contribution >= 0.6 is 0 Å². The zero-order chi connectivity index (χ0) is 91.6. The molecule has 0 amide bonds. The van der Waals surface area contributed by atoms with Gasteiger partial charge in [-0.1, -0.05) is 328 Å². The third kappa shape index (κ3) is 16.2. The van der Waals surface area contributed by atoms with Crippen LogP contribution in [0.3, 0.4) is 0 Å². The Hall–Kier alpha value is -18.5. The largest absolute Gasteiger partial charge is 0.453 e. The molecule has 25 rings (SSSR count). The molecule has 0 saturated heterocycles. The number of aromatic nitrogens is 1. The Kier molecular flexibility index (Phi) is 21.9. The highest BCUT2D eigenvalue weighted by Gasteiger charge is 2.29. The summed E-state index contributed by atoms with van der Waals surface area (Å²) in [5.41, 5.74) is 36.1. The van der Waals surface area contributed by atoms with Crippen LogP contribution in [-0.2, 0) is 0 Å². The maximum absolute atomic E-state index is 6.26. The van der Waals surface area contributed by atoms with Crippen molar-refractivity contribution in [2.75, 3.05) is 24.5 Å². The molecule has 0 bridgehead atoms. The molecule has 2 aliphatic rings. The molecule has 0 unspecified atom stereocenters. The van der Waals surface area contributed by atoms with Crippen LogP contribution in [0.2, 0.25) is 0 Å². The second-order valence-corrected chi connectivity index (χ2v) is 34.8. The van der Waals surface area contributed by atoms with Crippen LogP contribution in [0.5, 0.6) is 23.0 Å². The molecule has 0 spiro atoms. The monoisotopic (exact) mass is 1770 g/mol. The normalized spacial score (nSPS) is 11.7. The van der Waals surface area contributed by atoms with Gasteiger partial charge in [0.25, 0.3) is 0 Å². The van der Waals surface area contributed by atoms with Crippen LogP contribution in [-0.4, -0.2) is 4.57 Å². The Bertz CT molecular complexity index is 7720. The van der Waals surface area contributed by atoms with Gasteiger partial charge < -0.3 is 38.5 Å². The lowest BCUT2D eigenvalue weighted by atomic mass is 9.97. The van der Waals surface area contributed by atoms with E-state index in [0.717, 1.165) is 136 Å². The van der Waals surface area contributed by atoms with Crippen molar-refractivity contribution in [2.45, 2.75) is 0 Å². The second-order valence-electron chi connectivity index (χ2n) is 34.8. The van der Waals surface area contributed by atoms with Crippen molar-refractivity contribution in [3.63, 3.8) is 0 Å². The van der Waals surface area contributed by atoms with Gasteiger partial charge in [0, 0.05) is 79.0 Å². The highest BCUT2D eigenvalue weighted by atomic mass is 16.5. The van der Waals surface area contributed by atoms with Crippen molar-refractivity contribution in [3.8, 4) is 107 Å². The molecule has 652 valence electrons. The molecule has 0 aliphatic carbocycles. The summed E-state index contributed by atoms with van der Waals surface area (Å²) in [6.45, 7) is 0. The number of rotatable bonds is 19. The van der Waals surface area contributed by atoms with E-state index in [1.165, 1.54) is 88.2 Å². The van der Waals surface area contributed by atoms with Gasteiger partial charge in [-0.05, 0) is 307 Å². The maximum atomic E-state index is 6.26. The lowest BCUT2D eigenvalue weighted by Gasteiger charge is -2.32. The average molecular weight is 1770 g/mol. The van der Waals surface area contributed by atoms with Crippen LogP contribution in [0.1, 0.15) is 0 Å². The van der Waals surface area contributed by atoms with E-state index in [1.54, 1.807) is 0 Å². The van der Waals surface area contributed by atoms with Gasteiger partial charge in [0.2, 0.25) is 0 Å². The SMILES string of the molecule is c1ccc(-c2ccc(N(c3ccc(-c4ccc(N5c6ccccc6Oc6ccccc65)cc4)cc3)c3ccc(-c4ccc(N5c6ccccc6Oc6ccccc65)cc4)cc3)cc2)cc1.c1ccc(N(c2ccccc2)c2ccc(-c3ccc(-c4ccc5c(c4)c4cc(-c6ccc(-c7ccc(N(c8ccccc8)c8ccccc8)cc7)cc6)ccc4n5-c4ccc5ccccc5c4)cc3)cc2)cc1. The Morgan fingerprint density at radius 3 is 0.652 bits per heavy atom. The molecule has 3 heterocycles. The van der Waals surface area contributed by atoms with E-state index in [1.807, 2.05) is 48.5 Å². The summed E-state index contributed by atoms with van der Waals surface area (Å²) in [5.74, 6) is 3.38. The fourth-order valence-electron chi connectivity index (χ4n) is 19.6. The Morgan fingerprint density at radius 1 is 0.145 bits per heavy atom. The molecule has 22 aromatic carbocycles. The topological polar surface area (TPSA) is 39.6 Å². The number of benzene rings is 22. The maximum Gasteiger partial charge on any atom is 0.151 e. The number of ether oxygens (including phenoxy) is 2. The smallest absolute Gasteiger partial charge is 0.151 e. The minimum absolute atomic E-state index is 0.844. The summed E-state index contributed by atoms with van der Waals surface area (Å²) in [6, 6.07) is 195. The minimum Gasteiger partial charge on any atom is -0.453 e. The molecule has 8 nitrogen and oxygen atoms in total. The molecule has 2 aliphatic heterocycles.